The van der Waals surface area contributed by atoms with Gasteiger partial charge in [0.25, 0.3) is 0 Å². The van der Waals surface area contributed by atoms with E-state index < -0.39 is 5.97 Å². The molecule has 0 amide bonds. The summed E-state index contributed by atoms with van der Waals surface area (Å²) in [4.78, 5) is 17.9. The summed E-state index contributed by atoms with van der Waals surface area (Å²) in [5.41, 5.74) is 0. The number of carbonyl (C=O) groups is 1. The summed E-state index contributed by atoms with van der Waals surface area (Å²) >= 11 is 0. The quantitative estimate of drug-likeness (QED) is 0.749. The summed E-state index contributed by atoms with van der Waals surface area (Å²) in [6.07, 6.45) is 2.18. The van der Waals surface area contributed by atoms with Crippen LogP contribution < -0.4 is 0 Å². The molecular formula is C12H17N3O4. The molecule has 7 heteroatoms. The Morgan fingerprint density at radius 3 is 3.32 bits per heavy atom. The fourth-order valence-corrected chi connectivity index (χ4v) is 2.61. The van der Waals surface area contributed by atoms with Crippen LogP contribution in [0.5, 0.6) is 0 Å². The van der Waals surface area contributed by atoms with Gasteiger partial charge in [-0.3, -0.25) is 4.90 Å². The van der Waals surface area contributed by atoms with Gasteiger partial charge in [-0.1, -0.05) is 5.16 Å². The number of fused-ring (bicyclic) bond motifs is 1. The van der Waals surface area contributed by atoms with Crippen LogP contribution in [-0.2, 0) is 9.47 Å². The van der Waals surface area contributed by atoms with Crippen LogP contribution in [0, 0.1) is 0 Å². The Labute approximate surface area is 110 Å². The van der Waals surface area contributed by atoms with Gasteiger partial charge in [-0.15, -0.1) is 0 Å². The maximum Gasteiger partial charge on any atom is 0.397 e. The third-order valence-electron chi connectivity index (χ3n) is 3.57. The minimum absolute atomic E-state index is 0.107. The van der Waals surface area contributed by atoms with Crippen molar-refractivity contribution >= 4 is 5.97 Å². The summed E-state index contributed by atoms with van der Waals surface area (Å²) in [5, 5.41) is 3.82. The highest BCUT2D eigenvalue weighted by atomic mass is 16.6. The molecule has 7 nitrogen and oxygen atoms in total. The lowest BCUT2D eigenvalue weighted by atomic mass is 10.2. The molecule has 0 aromatic carbocycles. The van der Waals surface area contributed by atoms with Crippen molar-refractivity contribution in [3.63, 3.8) is 0 Å². The average molecular weight is 267 g/mol. The molecule has 0 aliphatic carbocycles. The standard InChI is InChI=1S/C12H17N3O4/c1-2-17-12(16)11-13-10(14-19-11)9-6-15-5-3-4-8(15)7-18-9/h8-9H,2-7H2,1H3. The van der Waals surface area contributed by atoms with E-state index in [0.717, 1.165) is 13.1 Å². The van der Waals surface area contributed by atoms with Crippen LogP contribution in [0.4, 0.5) is 0 Å². The van der Waals surface area contributed by atoms with E-state index in [-0.39, 0.29) is 18.6 Å². The zero-order valence-electron chi connectivity index (χ0n) is 10.9. The molecule has 2 atom stereocenters. The summed E-state index contributed by atoms with van der Waals surface area (Å²) in [6, 6.07) is 0.521. The van der Waals surface area contributed by atoms with Gasteiger partial charge in [0, 0.05) is 12.6 Å². The fourth-order valence-electron chi connectivity index (χ4n) is 2.61. The van der Waals surface area contributed by atoms with Crippen LogP contribution in [0.15, 0.2) is 4.52 Å². The molecule has 2 aliphatic rings. The average Bonchev–Trinajstić information content (AvgIpc) is 3.07. The van der Waals surface area contributed by atoms with Crippen LogP contribution in [0.3, 0.4) is 0 Å². The van der Waals surface area contributed by atoms with E-state index in [1.54, 1.807) is 6.92 Å². The lowest BCUT2D eigenvalue weighted by molar-refractivity contribution is -0.0548. The molecular weight excluding hydrogens is 250 g/mol. The lowest BCUT2D eigenvalue weighted by Crippen LogP contribution is -2.42. The molecule has 19 heavy (non-hydrogen) atoms. The Kier molecular flexibility index (Phi) is 3.48. The highest BCUT2D eigenvalue weighted by molar-refractivity contribution is 5.83. The maximum atomic E-state index is 11.5. The first-order valence-corrected chi connectivity index (χ1v) is 6.64. The number of aromatic nitrogens is 2. The lowest BCUT2D eigenvalue weighted by Gasteiger charge is -2.33. The zero-order chi connectivity index (χ0) is 13.2. The van der Waals surface area contributed by atoms with E-state index in [0.29, 0.717) is 18.5 Å². The third-order valence-corrected chi connectivity index (χ3v) is 3.57. The van der Waals surface area contributed by atoms with Gasteiger partial charge in [0.2, 0.25) is 5.82 Å². The zero-order valence-corrected chi connectivity index (χ0v) is 10.9. The number of carbonyl (C=O) groups excluding carboxylic acids is 1. The molecule has 3 rings (SSSR count). The van der Waals surface area contributed by atoms with Crippen LogP contribution in [-0.4, -0.2) is 53.4 Å². The van der Waals surface area contributed by atoms with Gasteiger partial charge < -0.3 is 14.0 Å². The van der Waals surface area contributed by atoms with Crippen molar-refractivity contribution in [2.75, 3.05) is 26.3 Å². The van der Waals surface area contributed by atoms with Crippen molar-refractivity contribution in [3.05, 3.63) is 11.7 Å². The largest absolute Gasteiger partial charge is 0.459 e. The molecule has 2 fully saturated rings. The maximum absolute atomic E-state index is 11.5. The monoisotopic (exact) mass is 267 g/mol. The van der Waals surface area contributed by atoms with Gasteiger partial charge in [0.05, 0.1) is 13.2 Å². The molecule has 2 saturated heterocycles. The number of hydrogen-bond acceptors (Lipinski definition) is 7. The van der Waals surface area contributed by atoms with Gasteiger partial charge >= 0.3 is 11.9 Å². The molecule has 0 radical (unpaired) electrons. The van der Waals surface area contributed by atoms with E-state index >= 15 is 0 Å². The number of ether oxygens (including phenoxy) is 2. The van der Waals surface area contributed by atoms with Crippen molar-refractivity contribution in [1.82, 2.24) is 15.0 Å². The van der Waals surface area contributed by atoms with Gasteiger partial charge in [-0.05, 0) is 26.3 Å². The van der Waals surface area contributed by atoms with E-state index in [9.17, 15) is 4.79 Å². The molecule has 0 N–H and O–H groups in total. The topological polar surface area (TPSA) is 77.7 Å². The Morgan fingerprint density at radius 2 is 2.47 bits per heavy atom. The van der Waals surface area contributed by atoms with E-state index in [1.165, 1.54) is 12.8 Å². The normalized spacial score (nSPS) is 27.2. The van der Waals surface area contributed by atoms with Crippen LogP contribution in [0.1, 0.15) is 42.4 Å². The fraction of sp³-hybridized carbons (Fsp3) is 0.750. The summed E-state index contributed by atoms with van der Waals surface area (Å²) in [5.74, 6) is -0.270. The Morgan fingerprint density at radius 1 is 1.58 bits per heavy atom. The molecule has 3 heterocycles. The first-order chi connectivity index (χ1) is 9.28. The van der Waals surface area contributed by atoms with Gasteiger partial charge in [-0.25, -0.2) is 4.79 Å². The molecule has 104 valence electrons. The number of rotatable bonds is 3. The second-order valence-corrected chi connectivity index (χ2v) is 4.79. The SMILES string of the molecule is CCOC(=O)c1nc(C2CN3CCCC3CO2)no1. The molecule has 0 spiro atoms. The van der Waals surface area contributed by atoms with Crippen LogP contribution >= 0.6 is 0 Å². The molecule has 2 aliphatic heterocycles. The van der Waals surface area contributed by atoms with Crippen molar-refractivity contribution in [2.45, 2.75) is 31.9 Å². The summed E-state index contributed by atoms with van der Waals surface area (Å²) in [6.45, 7) is 4.55. The molecule has 0 bridgehead atoms. The van der Waals surface area contributed by atoms with Gasteiger partial charge in [-0.2, -0.15) is 4.98 Å². The van der Waals surface area contributed by atoms with E-state index in [2.05, 4.69) is 15.0 Å². The van der Waals surface area contributed by atoms with Crippen molar-refractivity contribution in [1.29, 1.82) is 0 Å². The van der Waals surface area contributed by atoms with Crippen LogP contribution in [0.25, 0.3) is 0 Å². The second kappa shape index (κ2) is 5.26. The van der Waals surface area contributed by atoms with Crippen molar-refractivity contribution in [2.24, 2.45) is 0 Å². The smallest absolute Gasteiger partial charge is 0.397 e. The third kappa shape index (κ3) is 2.48. The van der Waals surface area contributed by atoms with Gasteiger partial charge in [0.1, 0.15) is 6.10 Å². The highest BCUT2D eigenvalue weighted by Gasteiger charge is 2.35. The molecule has 0 saturated carbocycles. The first-order valence-electron chi connectivity index (χ1n) is 6.64. The van der Waals surface area contributed by atoms with E-state index in [1.807, 2.05) is 0 Å². The number of nitrogens with zero attached hydrogens (tertiary/aromatic N) is 3. The predicted octanol–water partition coefficient (Wildman–Crippen LogP) is 0.782. The Balaban J connectivity index is 1.67. The van der Waals surface area contributed by atoms with Crippen molar-refractivity contribution in [3.8, 4) is 0 Å². The van der Waals surface area contributed by atoms with Gasteiger partial charge in [0.15, 0.2) is 0 Å². The van der Waals surface area contributed by atoms with E-state index in [4.69, 9.17) is 14.0 Å². The first kappa shape index (κ1) is 12.6. The minimum Gasteiger partial charge on any atom is -0.459 e. The molecule has 1 aromatic heterocycles. The number of hydrogen-bond donors (Lipinski definition) is 0. The van der Waals surface area contributed by atoms with Crippen molar-refractivity contribution < 1.29 is 18.8 Å². The Bertz CT molecular complexity index is 462. The number of morpholine rings is 1. The number of esters is 1. The summed E-state index contributed by atoms with van der Waals surface area (Å²) < 4.78 is 15.5. The summed E-state index contributed by atoms with van der Waals surface area (Å²) in [7, 11) is 0. The molecule has 1 aromatic rings. The Hall–Kier alpha value is -1.47. The highest BCUT2D eigenvalue weighted by Crippen LogP contribution is 2.28. The predicted molar refractivity (Wildman–Crippen MR) is 63.5 cm³/mol. The second-order valence-electron chi connectivity index (χ2n) is 4.79. The molecule has 2 unspecified atom stereocenters. The minimum atomic E-state index is -0.587. The van der Waals surface area contributed by atoms with Crippen LogP contribution in [0.2, 0.25) is 0 Å².